The molecule has 0 unspecified atom stereocenters. The van der Waals surface area contributed by atoms with Crippen molar-refractivity contribution < 1.29 is 4.79 Å². The first-order valence-electron chi connectivity index (χ1n) is 12.2. The SMILES string of the molecule is CC1(C)C(=O)N(c2ccccc2)C(=NC23CC4CC(CC(C4)C2)C3)[C@H]1N1CCCC1. The number of hydrogen-bond donors (Lipinski definition) is 0. The Labute approximate surface area is 180 Å². The van der Waals surface area contributed by atoms with E-state index < -0.39 is 5.41 Å². The quantitative estimate of drug-likeness (QED) is 0.718. The van der Waals surface area contributed by atoms with E-state index in [2.05, 4.69) is 30.9 Å². The predicted octanol–water partition coefficient (Wildman–Crippen LogP) is 4.89. The Morgan fingerprint density at radius 3 is 2.03 bits per heavy atom. The number of rotatable bonds is 3. The summed E-state index contributed by atoms with van der Waals surface area (Å²) in [4.78, 5) is 24.0. The van der Waals surface area contributed by atoms with Gasteiger partial charge >= 0.3 is 0 Å². The standard InChI is InChI=1S/C26H35N3O/c1-25(2)22(28-10-6-7-11-28)23(29(24(25)30)21-8-4-3-5-9-21)27-26-15-18-12-19(16-26)14-20(13-18)17-26/h3-5,8-9,18-20,22H,6-7,10-17H2,1-2H3/t18?,19?,20?,22-,26?/m1/s1. The molecule has 2 aliphatic heterocycles. The second-order valence-corrected chi connectivity index (χ2v) is 11.5. The van der Waals surface area contributed by atoms with Crippen LogP contribution in [0.1, 0.15) is 65.2 Å². The molecule has 6 fully saturated rings. The third-order valence-electron chi connectivity index (χ3n) is 8.79. The Bertz CT molecular complexity index is 832. The van der Waals surface area contributed by atoms with E-state index in [0.29, 0.717) is 0 Å². The Morgan fingerprint density at radius 2 is 1.47 bits per heavy atom. The highest BCUT2D eigenvalue weighted by atomic mass is 16.2. The van der Waals surface area contributed by atoms with E-state index in [0.717, 1.165) is 42.4 Å². The number of anilines is 1. The molecule has 0 radical (unpaired) electrons. The zero-order valence-corrected chi connectivity index (χ0v) is 18.5. The molecule has 4 bridgehead atoms. The van der Waals surface area contributed by atoms with Crippen molar-refractivity contribution in [1.29, 1.82) is 0 Å². The molecule has 4 aliphatic carbocycles. The second-order valence-electron chi connectivity index (χ2n) is 11.5. The number of amidine groups is 1. The molecule has 1 atom stereocenters. The van der Waals surface area contributed by atoms with Gasteiger partial charge in [0, 0.05) is 0 Å². The van der Waals surface area contributed by atoms with Crippen LogP contribution in [-0.2, 0) is 4.79 Å². The van der Waals surface area contributed by atoms with Crippen LogP contribution in [0.4, 0.5) is 5.69 Å². The molecule has 0 spiro atoms. The molecule has 7 rings (SSSR count). The minimum Gasteiger partial charge on any atom is -0.293 e. The third kappa shape index (κ3) is 2.82. The number of amides is 1. The molecule has 1 aromatic carbocycles. The highest BCUT2D eigenvalue weighted by Gasteiger charge is 2.57. The first-order chi connectivity index (χ1) is 14.5. The van der Waals surface area contributed by atoms with Crippen molar-refractivity contribution in [2.45, 2.75) is 76.8 Å². The molecule has 160 valence electrons. The molecule has 6 aliphatic rings. The van der Waals surface area contributed by atoms with Crippen LogP contribution in [0.25, 0.3) is 0 Å². The maximum atomic E-state index is 13.8. The van der Waals surface area contributed by atoms with Crippen molar-refractivity contribution in [2.24, 2.45) is 28.2 Å². The molecule has 4 nitrogen and oxygen atoms in total. The summed E-state index contributed by atoms with van der Waals surface area (Å²) in [5, 5.41) is 0. The van der Waals surface area contributed by atoms with Gasteiger partial charge in [-0.2, -0.15) is 0 Å². The van der Waals surface area contributed by atoms with Crippen LogP contribution in [-0.4, -0.2) is 41.3 Å². The number of benzene rings is 1. The summed E-state index contributed by atoms with van der Waals surface area (Å²) in [6, 6.07) is 10.4. The Hall–Kier alpha value is -1.68. The fourth-order valence-corrected chi connectivity index (χ4v) is 7.96. The first-order valence-corrected chi connectivity index (χ1v) is 12.2. The van der Waals surface area contributed by atoms with Crippen LogP contribution < -0.4 is 4.90 Å². The number of nitrogens with zero attached hydrogens (tertiary/aromatic N) is 3. The number of aliphatic imine (C=N–C) groups is 1. The zero-order valence-electron chi connectivity index (χ0n) is 18.5. The van der Waals surface area contributed by atoms with Gasteiger partial charge in [0.2, 0.25) is 5.91 Å². The summed E-state index contributed by atoms with van der Waals surface area (Å²) in [5.74, 6) is 3.86. The predicted molar refractivity (Wildman–Crippen MR) is 121 cm³/mol. The molecular weight excluding hydrogens is 370 g/mol. The van der Waals surface area contributed by atoms with Gasteiger partial charge in [-0.05, 0) is 108 Å². The van der Waals surface area contributed by atoms with Crippen molar-refractivity contribution in [3.8, 4) is 0 Å². The number of carbonyl (C=O) groups is 1. The minimum atomic E-state index is -0.443. The van der Waals surface area contributed by atoms with Gasteiger partial charge in [-0.3, -0.25) is 19.6 Å². The van der Waals surface area contributed by atoms with Crippen LogP contribution in [0, 0.1) is 23.2 Å². The van der Waals surface area contributed by atoms with Crippen molar-refractivity contribution in [3.05, 3.63) is 30.3 Å². The van der Waals surface area contributed by atoms with Crippen molar-refractivity contribution in [3.63, 3.8) is 0 Å². The lowest BCUT2D eigenvalue weighted by atomic mass is 9.53. The van der Waals surface area contributed by atoms with Crippen molar-refractivity contribution >= 4 is 17.4 Å². The summed E-state index contributed by atoms with van der Waals surface area (Å²) in [6.07, 6.45) is 10.5. The van der Waals surface area contributed by atoms with Crippen molar-refractivity contribution in [1.82, 2.24) is 4.90 Å². The van der Waals surface area contributed by atoms with Crippen molar-refractivity contribution in [2.75, 3.05) is 18.0 Å². The lowest BCUT2D eigenvalue weighted by molar-refractivity contribution is -0.125. The van der Waals surface area contributed by atoms with Gasteiger partial charge in [-0.15, -0.1) is 0 Å². The molecule has 2 saturated heterocycles. The molecule has 4 saturated carbocycles. The summed E-state index contributed by atoms with van der Waals surface area (Å²) in [7, 11) is 0. The number of likely N-dealkylation sites (tertiary alicyclic amines) is 1. The normalized spacial score (nSPS) is 41.3. The van der Waals surface area contributed by atoms with Gasteiger partial charge in [-0.25, -0.2) is 0 Å². The Kier molecular flexibility index (Phi) is 4.22. The fourth-order valence-electron chi connectivity index (χ4n) is 7.96. The molecule has 0 aromatic heterocycles. The fraction of sp³-hybridized carbons (Fsp3) is 0.692. The molecule has 1 amide bonds. The molecule has 4 heteroatoms. The summed E-state index contributed by atoms with van der Waals surface area (Å²) in [5.41, 5.74) is 0.623. The second kappa shape index (κ2) is 6.66. The largest absolute Gasteiger partial charge is 0.293 e. The van der Waals surface area contributed by atoms with Gasteiger partial charge in [0.25, 0.3) is 0 Å². The van der Waals surface area contributed by atoms with Crippen LogP contribution in [0.3, 0.4) is 0 Å². The van der Waals surface area contributed by atoms with E-state index in [4.69, 9.17) is 4.99 Å². The Balaban J connectivity index is 1.48. The number of para-hydroxylation sites is 1. The first kappa shape index (κ1) is 19.0. The Morgan fingerprint density at radius 1 is 0.900 bits per heavy atom. The van der Waals surface area contributed by atoms with E-state index in [1.54, 1.807) is 0 Å². The van der Waals surface area contributed by atoms with E-state index in [1.807, 2.05) is 23.1 Å². The van der Waals surface area contributed by atoms with Gasteiger partial charge in [0.15, 0.2) is 0 Å². The topological polar surface area (TPSA) is 35.9 Å². The van der Waals surface area contributed by atoms with E-state index in [9.17, 15) is 4.79 Å². The summed E-state index contributed by atoms with van der Waals surface area (Å²) >= 11 is 0. The number of hydrogen-bond acceptors (Lipinski definition) is 3. The van der Waals surface area contributed by atoms with Gasteiger partial charge in [0.05, 0.1) is 22.7 Å². The van der Waals surface area contributed by atoms with Gasteiger partial charge in [0.1, 0.15) is 5.84 Å². The number of carbonyl (C=O) groups excluding carboxylic acids is 1. The molecule has 0 N–H and O–H groups in total. The monoisotopic (exact) mass is 405 g/mol. The smallest absolute Gasteiger partial charge is 0.240 e. The van der Waals surface area contributed by atoms with Gasteiger partial charge < -0.3 is 0 Å². The van der Waals surface area contributed by atoms with Crippen LogP contribution in [0.2, 0.25) is 0 Å². The van der Waals surface area contributed by atoms with Gasteiger partial charge in [-0.1, -0.05) is 18.2 Å². The maximum absolute atomic E-state index is 13.8. The minimum absolute atomic E-state index is 0.0792. The molecule has 1 aromatic rings. The average molecular weight is 406 g/mol. The van der Waals surface area contributed by atoms with Crippen LogP contribution in [0.15, 0.2) is 35.3 Å². The summed E-state index contributed by atoms with van der Waals surface area (Å²) < 4.78 is 0. The maximum Gasteiger partial charge on any atom is 0.240 e. The summed E-state index contributed by atoms with van der Waals surface area (Å²) in [6.45, 7) is 6.47. The lowest BCUT2D eigenvalue weighted by Crippen LogP contribution is -2.52. The highest BCUT2D eigenvalue weighted by Crippen LogP contribution is 2.58. The van der Waals surface area contributed by atoms with E-state index in [1.165, 1.54) is 51.4 Å². The molecule has 30 heavy (non-hydrogen) atoms. The lowest BCUT2D eigenvalue weighted by Gasteiger charge is -2.55. The highest BCUT2D eigenvalue weighted by molar-refractivity contribution is 6.27. The van der Waals surface area contributed by atoms with Crippen LogP contribution >= 0.6 is 0 Å². The average Bonchev–Trinajstić information content (AvgIpc) is 3.27. The van der Waals surface area contributed by atoms with E-state index >= 15 is 0 Å². The van der Waals surface area contributed by atoms with Crippen LogP contribution in [0.5, 0.6) is 0 Å². The third-order valence-corrected chi connectivity index (χ3v) is 8.79. The molecular formula is C26H35N3O. The molecule has 2 heterocycles. The zero-order chi connectivity index (χ0) is 20.5. The van der Waals surface area contributed by atoms with E-state index in [-0.39, 0.29) is 17.5 Å².